The second kappa shape index (κ2) is 11.1. The molecule has 2 N–H and O–H groups in total. The number of anilines is 2. The van der Waals surface area contributed by atoms with Gasteiger partial charge in [-0.05, 0) is 62.4 Å². The van der Waals surface area contributed by atoms with E-state index in [-0.39, 0.29) is 16.8 Å². The molecule has 0 aliphatic heterocycles. The van der Waals surface area contributed by atoms with Crippen molar-refractivity contribution in [2.45, 2.75) is 24.8 Å². The molecular formula is C26H29N3O6S. The fourth-order valence-electron chi connectivity index (χ4n) is 3.42. The lowest BCUT2D eigenvalue weighted by Gasteiger charge is -2.20. The molecule has 0 atom stereocenters. The molecule has 0 spiro atoms. The zero-order valence-electron chi connectivity index (χ0n) is 20.7. The minimum absolute atomic E-state index is 0.0285. The van der Waals surface area contributed by atoms with Crippen molar-refractivity contribution >= 4 is 33.2 Å². The second-order valence-electron chi connectivity index (χ2n) is 8.16. The highest BCUT2D eigenvalue weighted by Crippen LogP contribution is 2.31. The number of nitrogens with zero attached hydrogens (tertiary/aromatic N) is 1. The lowest BCUT2D eigenvalue weighted by atomic mass is 10.1. The third-order valence-corrected chi connectivity index (χ3v) is 7.13. The van der Waals surface area contributed by atoms with Gasteiger partial charge < -0.3 is 20.1 Å². The van der Waals surface area contributed by atoms with E-state index in [2.05, 4.69) is 10.6 Å². The van der Waals surface area contributed by atoms with Crippen LogP contribution in [0.4, 0.5) is 11.4 Å². The number of ether oxygens (including phenoxy) is 2. The summed E-state index contributed by atoms with van der Waals surface area (Å²) < 4.78 is 37.8. The van der Waals surface area contributed by atoms with Gasteiger partial charge in [0.1, 0.15) is 0 Å². The van der Waals surface area contributed by atoms with Crippen molar-refractivity contribution in [2.24, 2.45) is 0 Å². The number of carbonyl (C=O) groups excluding carboxylic acids is 2. The summed E-state index contributed by atoms with van der Waals surface area (Å²) in [4.78, 5) is 25.3. The standard InChI is InChI=1S/C26H29N3O6S/c1-17(2)27-26(31)21-8-6-7-9-22(21)28-25(30)18-10-12-19(13-11-18)29(3)36(32,33)20-14-15-23(34-4)24(16-20)35-5/h6-17H,1-5H3,(H,27,31)(H,28,30). The normalized spacial score (nSPS) is 11.1. The Hall–Kier alpha value is -4.05. The molecule has 0 bridgehead atoms. The molecule has 3 aromatic rings. The van der Waals surface area contributed by atoms with E-state index < -0.39 is 15.9 Å². The molecule has 36 heavy (non-hydrogen) atoms. The van der Waals surface area contributed by atoms with Crippen LogP contribution in [0.5, 0.6) is 11.5 Å². The van der Waals surface area contributed by atoms with Gasteiger partial charge in [0.15, 0.2) is 11.5 Å². The number of hydrogen-bond acceptors (Lipinski definition) is 6. The van der Waals surface area contributed by atoms with E-state index in [9.17, 15) is 18.0 Å². The number of sulfonamides is 1. The summed E-state index contributed by atoms with van der Waals surface area (Å²) in [6, 6.07) is 17.1. The van der Waals surface area contributed by atoms with E-state index >= 15 is 0 Å². The van der Waals surface area contributed by atoms with Crippen LogP contribution < -0.4 is 24.4 Å². The number of benzene rings is 3. The molecule has 0 saturated carbocycles. The number of hydrogen-bond donors (Lipinski definition) is 2. The fourth-order valence-corrected chi connectivity index (χ4v) is 4.63. The molecule has 0 aliphatic rings. The van der Waals surface area contributed by atoms with Gasteiger partial charge in [-0.2, -0.15) is 0 Å². The first-order valence-electron chi connectivity index (χ1n) is 11.1. The van der Waals surface area contributed by atoms with Crippen LogP contribution in [0.1, 0.15) is 34.6 Å². The Morgan fingerprint density at radius 3 is 2.11 bits per heavy atom. The third kappa shape index (κ3) is 5.77. The van der Waals surface area contributed by atoms with Gasteiger partial charge in [0, 0.05) is 24.7 Å². The van der Waals surface area contributed by atoms with Crippen molar-refractivity contribution in [1.29, 1.82) is 0 Å². The number of methoxy groups -OCH3 is 2. The van der Waals surface area contributed by atoms with Gasteiger partial charge in [0.05, 0.1) is 36.1 Å². The molecule has 3 rings (SSSR count). The van der Waals surface area contributed by atoms with E-state index in [1.807, 2.05) is 13.8 Å². The number of carbonyl (C=O) groups is 2. The molecule has 10 heteroatoms. The predicted octanol–water partition coefficient (Wildman–Crippen LogP) is 3.92. The summed E-state index contributed by atoms with van der Waals surface area (Å²) in [7, 11) is 0.412. The van der Waals surface area contributed by atoms with E-state index in [1.165, 1.54) is 63.7 Å². The van der Waals surface area contributed by atoms with Crippen LogP contribution >= 0.6 is 0 Å². The average molecular weight is 512 g/mol. The molecule has 2 amide bonds. The summed E-state index contributed by atoms with van der Waals surface area (Å²) in [5, 5.41) is 5.56. The van der Waals surface area contributed by atoms with Crippen LogP contribution in [-0.4, -0.2) is 47.5 Å². The molecule has 0 saturated heterocycles. The van der Waals surface area contributed by atoms with Crippen LogP contribution in [0, 0.1) is 0 Å². The Labute approximate surface area is 211 Å². The molecule has 0 unspecified atom stereocenters. The van der Waals surface area contributed by atoms with E-state index in [0.717, 1.165) is 4.31 Å². The van der Waals surface area contributed by atoms with Gasteiger partial charge in [-0.3, -0.25) is 13.9 Å². The minimum Gasteiger partial charge on any atom is -0.493 e. The maximum atomic E-state index is 13.2. The first-order valence-corrected chi connectivity index (χ1v) is 12.5. The highest BCUT2D eigenvalue weighted by atomic mass is 32.2. The zero-order chi connectivity index (χ0) is 26.5. The Bertz CT molecular complexity index is 1350. The lowest BCUT2D eigenvalue weighted by molar-refractivity contribution is 0.0944. The number of amides is 2. The average Bonchev–Trinajstić information content (AvgIpc) is 2.87. The summed E-state index contributed by atoms with van der Waals surface area (Å²) in [5.41, 5.74) is 1.38. The molecular weight excluding hydrogens is 482 g/mol. The largest absolute Gasteiger partial charge is 0.493 e. The van der Waals surface area contributed by atoms with E-state index in [4.69, 9.17) is 9.47 Å². The Morgan fingerprint density at radius 1 is 0.861 bits per heavy atom. The first-order chi connectivity index (χ1) is 17.1. The van der Waals surface area contributed by atoms with Crippen LogP contribution in [0.15, 0.2) is 71.6 Å². The van der Waals surface area contributed by atoms with Crippen LogP contribution in [0.2, 0.25) is 0 Å². The quantitative estimate of drug-likeness (QED) is 0.450. The van der Waals surface area contributed by atoms with Gasteiger partial charge in [0.2, 0.25) is 0 Å². The van der Waals surface area contributed by atoms with Crippen LogP contribution in [-0.2, 0) is 10.0 Å². The monoisotopic (exact) mass is 511 g/mol. The van der Waals surface area contributed by atoms with Gasteiger partial charge in [-0.25, -0.2) is 8.42 Å². The van der Waals surface area contributed by atoms with Gasteiger partial charge in [0.25, 0.3) is 21.8 Å². The highest BCUT2D eigenvalue weighted by molar-refractivity contribution is 7.92. The molecule has 0 heterocycles. The molecule has 190 valence electrons. The van der Waals surface area contributed by atoms with Crippen LogP contribution in [0.25, 0.3) is 0 Å². The van der Waals surface area contributed by atoms with E-state index in [0.29, 0.717) is 34.0 Å². The highest BCUT2D eigenvalue weighted by Gasteiger charge is 2.23. The molecule has 0 fully saturated rings. The SMILES string of the molecule is COc1ccc(S(=O)(=O)N(C)c2ccc(C(=O)Nc3ccccc3C(=O)NC(C)C)cc2)cc1OC. The van der Waals surface area contributed by atoms with Crippen molar-refractivity contribution < 1.29 is 27.5 Å². The maximum Gasteiger partial charge on any atom is 0.264 e. The topological polar surface area (TPSA) is 114 Å². The summed E-state index contributed by atoms with van der Waals surface area (Å²) in [6.07, 6.45) is 0. The van der Waals surface area contributed by atoms with Crippen molar-refractivity contribution in [3.8, 4) is 11.5 Å². The third-order valence-electron chi connectivity index (χ3n) is 5.35. The summed E-state index contributed by atoms with van der Waals surface area (Å²) in [6.45, 7) is 3.70. The number of para-hydroxylation sites is 1. The summed E-state index contributed by atoms with van der Waals surface area (Å²) >= 11 is 0. The van der Waals surface area contributed by atoms with E-state index in [1.54, 1.807) is 24.3 Å². The van der Waals surface area contributed by atoms with Crippen molar-refractivity contribution in [2.75, 3.05) is 30.9 Å². The van der Waals surface area contributed by atoms with Gasteiger partial charge in [-0.1, -0.05) is 12.1 Å². The minimum atomic E-state index is -3.90. The van der Waals surface area contributed by atoms with Crippen molar-refractivity contribution in [3.63, 3.8) is 0 Å². The van der Waals surface area contributed by atoms with Crippen molar-refractivity contribution in [3.05, 3.63) is 77.9 Å². The predicted molar refractivity (Wildman–Crippen MR) is 139 cm³/mol. The molecule has 0 aromatic heterocycles. The first kappa shape index (κ1) is 26.6. The second-order valence-corrected chi connectivity index (χ2v) is 10.1. The van der Waals surface area contributed by atoms with Gasteiger partial charge >= 0.3 is 0 Å². The maximum absolute atomic E-state index is 13.2. The smallest absolute Gasteiger partial charge is 0.264 e. The summed E-state index contributed by atoms with van der Waals surface area (Å²) in [5.74, 6) is -0.0194. The Morgan fingerprint density at radius 2 is 1.50 bits per heavy atom. The Balaban J connectivity index is 1.80. The molecule has 9 nitrogen and oxygen atoms in total. The number of rotatable bonds is 9. The zero-order valence-corrected chi connectivity index (χ0v) is 21.5. The molecule has 0 aliphatic carbocycles. The lowest BCUT2D eigenvalue weighted by Crippen LogP contribution is -2.31. The molecule has 3 aromatic carbocycles. The number of nitrogens with one attached hydrogen (secondary N) is 2. The van der Waals surface area contributed by atoms with Gasteiger partial charge in [-0.15, -0.1) is 0 Å². The molecule has 0 radical (unpaired) electrons. The Kier molecular flexibility index (Phi) is 8.21. The van der Waals surface area contributed by atoms with Crippen LogP contribution in [0.3, 0.4) is 0 Å². The fraction of sp³-hybridized carbons (Fsp3) is 0.231. The van der Waals surface area contributed by atoms with Crippen molar-refractivity contribution in [1.82, 2.24) is 5.32 Å².